The Labute approximate surface area is 101 Å². The van der Waals surface area contributed by atoms with E-state index in [0.29, 0.717) is 6.61 Å². The largest absolute Gasteiger partial charge is 0.492 e. The second-order valence-electron chi connectivity index (χ2n) is 2.85. The van der Waals surface area contributed by atoms with Crippen molar-refractivity contribution < 1.29 is 9.84 Å². The first-order valence-corrected chi connectivity index (χ1v) is 6.01. The van der Waals surface area contributed by atoms with E-state index in [4.69, 9.17) is 9.84 Å². The van der Waals surface area contributed by atoms with Crippen molar-refractivity contribution in [2.75, 3.05) is 13.2 Å². The zero-order chi connectivity index (χ0) is 10.4. The highest BCUT2D eigenvalue weighted by atomic mass is 79.9. The third-order valence-corrected chi connectivity index (χ3v) is 2.82. The summed E-state index contributed by atoms with van der Waals surface area (Å²) in [5.41, 5.74) is 0. The van der Waals surface area contributed by atoms with Crippen molar-refractivity contribution >= 4 is 31.9 Å². The molecule has 0 fully saturated rings. The van der Waals surface area contributed by atoms with Crippen LogP contribution in [0.25, 0.3) is 0 Å². The molecule has 4 heteroatoms. The summed E-state index contributed by atoms with van der Waals surface area (Å²) >= 11 is 6.78. The molecule has 78 valence electrons. The molecule has 0 heterocycles. The fourth-order valence-electron chi connectivity index (χ4n) is 0.988. The molecular formula is C10H12Br2O2. The monoisotopic (exact) mass is 322 g/mol. The van der Waals surface area contributed by atoms with Crippen LogP contribution < -0.4 is 4.74 Å². The number of unbranched alkanes of at least 4 members (excludes halogenated alkanes) is 1. The lowest BCUT2D eigenvalue weighted by Crippen LogP contribution is -1.98. The van der Waals surface area contributed by atoms with Crippen LogP contribution in [0.5, 0.6) is 5.75 Å². The van der Waals surface area contributed by atoms with E-state index in [1.807, 2.05) is 18.2 Å². The van der Waals surface area contributed by atoms with E-state index in [-0.39, 0.29) is 6.61 Å². The van der Waals surface area contributed by atoms with E-state index in [1.165, 1.54) is 0 Å². The Morgan fingerprint density at radius 3 is 2.64 bits per heavy atom. The Bertz CT molecular complexity index is 289. The molecule has 0 amide bonds. The summed E-state index contributed by atoms with van der Waals surface area (Å²) in [6, 6.07) is 5.79. The third-order valence-electron chi connectivity index (χ3n) is 1.70. The number of aliphatic hydroxyl groups is 1. The van der Waals surface area contributed by atoms with Crippen LogP contribution in [0.15, 0.2) is 27.1 Å². The highest BCUT2D eigenvalue weighted by molar-refractivity contribution is 9.11. The highest BCUT2D eigenvalue weighted by Crippen LogP contribution is 2.28. The molecule has 0 aliphatic carbocycles. The van der Waals surface area contributed by atoms with Gasteiger partial charge in [-0.1, -0.05) is 15.9 Å². The summed E-state index contributed by atoms with van der Waals surface area (Å²) in [4.78, 5) is 0. The van der Waals surface area contributed by atoms with Gasteiger partial charge in [0, 0.05) is 11.1 Å². The maximum absolute atomic E-state index is 8.58. The minimum absolute atomic E-state index is 0.227. The van der Waals surface area contributed by atoms with Gasteiger partial charge in [0.1, 0.15) is 5.75 Å². The fraction of sp³-hybridized carbons (Fsp3) is 0.400. The van der Waals surface area contributed by atoms with Gasteiger partial charge in [-0.2, -0.15) is 0 Å². The Balaban J connectivity index is 2.42. The number of ether oxygens (including phenoxy) is 1. The topological polar surface area (TPSA) is 29.5 Å². The first-order chi connectivity index (χ1) is 6.74. The molecule has 1 N–H and O–H groups in total. The summed E-state index contributed by atoms with van der Waals surface area (Å²) in [7, 11) is 0. The Morgan fingerprint density at radius 1 is 1.21 bits per heavy atom. The zero-order valence-corrected chi connectivity index (χ0v) is 10.8. The van der Waals surface area contributed by atoms with Crippen LogP contribution in [0.1, 0.15) is 12.8 Å². The quantitative estimate of drug-likeness (QED) is 0.842. The van der Waals surface area contributed by atoms with E-state index < -0.39 is 0 Å². The van der Waals surface area contributed by atoms with Crippen LogP contribution in [0.3, 0.4) is 0 Å². The van der Waals surface area contributed by atoms with Crippen molar-refractivity contribution in [1.82, 2.24) is 0 Å². The maximum Gasteiger partial charge on any atom is 0.133 e. The van der Waals surface area contributed by atoms with E-state index in [1.54, 1.807) is 0 Å². The standard InChI is InChI=1S/C10H12Br2O2/c11-8-3-4-10(9(12)7-8)14-6-2-1-5-13/h3-4,7,13H,1-2,5-6H2. The molecular weight excluding hydrogens is 312 g/mol. The molecule has 0 aliphatic rings. The molecule has 0 aromatic heterocycles. The molecule has 0 bridgehead atoms. The zero-order valence-electron chi connectivity index (χ0n) is 7.67. The van der Waals surface area contributed by atoms with E-state index in [9.17, 15) is 0 Å². The van der Waals surface area contributed by atoms with Gasteiger partial charge >= 0.3 is 0 Å². The molecule has 0 saturated carbocycles. The van der Waals surface area contributed by atoms with Crippen LogP contribution in [0.4, 0.5) is 0 Å². The van der Waals surface area contributed by atoms with E-state index in [2.05, 4.69) is 31.9 Å². The summed E-state index contributed by atoms with van der Waals surface area (Å²) in [6.45, 7) is 0.867. The van der Waals surface area contributed by atoms with Crippen molar-refractivity contribution in [2.45, 2.75) is 12.8 Å². The average Bonchev–Trinajstić information content (AvgIpc) is 2.15. The summed E-state index contributed by atoms with van der Waals surface area (Å²) in [5, 5.41) is 8.58. The van der Waals surface area contributed by atoms with Gasteiger partial charge < -0.3 is 9.84 Å². The summed E-state index contributed by atoms with van der Waals surface area (Å²) in [6.07, 6.45) is 1.66. The number of benzene rings is 1. The number of rotatable bonds is 5. The van der Waals surface area contributed by atoms with Gasteiger partial charge in [-0.25, -0.2) is 0 Å². The van der Waals surface area contributed by atoms with Crippen LogP contribution in [0.2, 0.25) is 0 Å². The average molecular weight is 324 g/mol. The van der Waals surface area contributed by atoms with Crippen molar-refractivity contribution in [1.29, 1.82) is 0 Å². The predicted octanol–water partition coefficient (Wildman–Crippen LogP) is 3.36. The van der Waals surface area contributed by atoms with Crippen molar-refractivity contribution in [3.8, 4) is 5.75 Å². The SMILES string of the molecule is OCCCCOc1ccc(Br)cc1Br. The predicted molar refractivity (Wildman–Crippen MR) is 63.7 cm³/mol. The van der Waals surface area contributed by atoms with Crippen LogP contribution in [0, 0.1) is 0 Å². The minimum Gasteiger partial charge on any atom is -0.492 e. The molecule has 0 spiro atoms. The van der Waals surface area contributed by atoms with Gasteiger partial charge in [-0.05, 0) is 47.0 Å². The van der Waals surface area contributed by atoms with Gasteiger partial charge in [0.2, 0.25) is 0 Å². The molecule has 0 unspecified atom stereocenters. The van der Waals surface area contributed by atoms with E-state index in [0.717, 1.165) is 27.5 Å². The van der Waals surface area contributed by atoms with E-state index >= 15 is 0 Å². The van der Waals surface area contributed by atoms with Gasteiger partial charge in [0.15, 0.2) is 0 Å². The molecule has 0 radical (unpaired) electrons. The molecule has 0 atom stereocenters. The number of halogens is 2. The fourth-order valence-corrected chi connectivity index (χ4v) is 2.15. The molecule has 0 saturated heterocycles. The first-order valence-electron chi connectivity index (χ1n) is 4.43. The second-order valence-corrected chi connectivity index (χ2v) is 4.62. The van der Waals surface area contributed by atoms with Gasteiger partial charge in [-0.3, -0.25) is 0 Å². The molecule has 14 heavy (non-hydrogen) atoms. The third kappa shape index (κ3) is 3.98. The first kappa shape index (κ1) is 12.0. The molecule has 0 aliphatic heterocycles. The normalized spacial score (nSPS) is 10.2. The Kier molecular flexibility index (Phi) is 5.52. The molecule has 2 nitrogen and oxygen atoms in total. The van der Waals surface area contributed by atoms with Gasteiger partial charge in [0.05, 0.1) is 11.1 Å². The van der Waals surface area contributed by atoms with Gasteiger partial charge in [0.25, 0.3) is 0 Å². The van der Waals surface area contributed by atoms with Crippen LogP contribution >= 0.6 is 31.9 Å². The number of hydrogen-bond donors (Lipinski definition) is 1. The second kappa shape index (κ2) is 6.43. The molecule has 1 aromatic rings. The highest BCUT2D eigenvalue weighted by Gasteiger charge is 2.00. The molecule has 1 aromatic carbocycles. The summed E-state index contributed by atoms with van der Waals surface area (Å²) < 4.78 is 7.48. The van der Waals surface area contributed by atoms with Crippen LogP contribution in [-0.2, 0) is 0 Å². The lowest BCUT2D eigenvalue weighted by atomic mass is 10.3. The van der Waals surface area contributed by atoms with Gasteiger partial charge in [-0.15, -0.1) is 0 Å². The maximum atomic E-state index is 8.58. The summed E-state index contributed by atoms with van der Waals surface area (Å²) in [5.74, 6) is 0.839. The van der Waals surface area contributed by atoms with Crippen molar-refractivity contribution in [2.24, 2.45) is 0 Å². The van der Waals surface area contributed by atoms with Crippen LogP contribution in [-0.4, -0.2) is 18.3 Å². The molecule has 1 rings (SSSR count). The number of aliphatic hydroxyl groups excluding tert-OH is 1. The Hall–Kier alpha value is -0.0600. The lowest BCUT2D eigenvalue weighted by molar-refractivity contribution is 0.252. The Morgan fingerprint density at radius 2 is 2.00 bits per heavy atom. The van der Waals surface area contributed by atoms with Crippen molar-refractivity contribution in [3.05, 3.63) is 27.1 Å². The lowest BCUT2D eigenvalue weighted by Gasteiger charge is -2.07. The minimum atomic E-state index is 0.227. The van der Waals surface area contributed by atoms with Crippen molar-refractivity contribution in [3.63, 3.8) is 0 Å². The smallest absolute Gasteiger partial charge is 0.133 e. The number of hydrogen-bond acceptors (Lipinski definition) is 2.